The summed E-state index contributed by atoms with van der Waals surface area (Å²) in [5.41, 5.74) is 2.11. The molecule has 27 heavy (non-hydrogen) atoms. The Morgan fingerprint density at radius 3 is 2.33 bits per heavy atom. The lowest BCUT2D eigenvalue weighted by atomic mass is 10.1. The first-order chi connectivity index (χ1) is 12.9. The van der Waals surface area contributed by atoms with Gasteiger partial charge in [-0.25, -0.2) is 0 Å². The third-order valence-electron chi connectivity index (χ3n) is 4.17. The van der Waals surface area contributed by atoms with Crippen LogP contribution >= 0.6 is 23.4 Å². The number of hydrogen-bond acceptors (Lipinski definition) is 3. The van der Waals surface area contributed by atoms with Crippen molar-refractivity contribution in [2.24, 2.45) is 0 Å². The highest BCUT2D eigenvalue weighted by Gasteiger charge is 2.25. The van der Waals surface area contributed by atoms with Crippen molar-refractivity contribution in [2.45, 2.75) is 38.3 Å². The van der Waals surface area contributed by atoms with Crippen molar-refractivity contribution in [3.05, 3.63) is 64.7 Å². The second-order valence-corrected chi connectivity index (χ2v) is 7.81. The number of aryl methyl sites for hydroxylation is 1. The van der Waals surface area contributed by atoms with Crippen LogP contribution in [0.4, 0.5) is 0 Å². The highest BCUT2D eigenvalue weighted by atomic mass is 35.5. The fourth-order valence-electron chi connectivity index (χ4n) is 2.55. The van der Waals surface area contributed by atoms with Crippen LogP contribution in [0.5, 0.6) is 0 Å². The third kappa shape index (κ3) is 6.60. The molecule has 2 amide bonds. The van der Waals surface area contributed by atoms with Crippen LogP contribution in [-0.2, 0) is 16.1 Å². The molecule has 0 fully saturated rings. The van der Waals surface area contributed by atoms with E-state index in [0.717, 1.165) is 10.5 Å². The number of nitrogens with zero attached hydrogens (tertiary/aromatic N) is 1. The zero-order valence-electron chi connectivity index (χ0n) is 15.9. The van der Waals surface area contributed by atoms with E-state index in [1.54, 1.807) is 24.0 Å². The number of rotatable bonds is 8. The predicted octanol–water partition coefficient (Wildman–Crippen LogP) is 4.29. The van der Waals surface area contributed by atoms with Gasteiger partial charge >= 0.3 is 0 Å². The van der Waals surface area contributed by atoms with Gasteiger partial charge in [-0.15, -0.1) is 11.8 Å². The molecule has 0 aliphatic heterocycles. The zero-order chi connectivity index (χ0) is 19.8. The quantitative estimate of drug-likeness (QED) is 0.667. The standard InChI is InChI=1S/C21H25ClN2O2S/c1-4-23-21(26)16(3)24(13-17-7-9-18(22)10-8-17)20(25)14-27-19-11-5-15(2)6-12-19/h5-12,16H,4,13-14H2,1-3H3,(H,23,26)/t16-/m0/s1. The minimum Gasteiger partial charge on any atom is -0.355 e. The molecule has 0 saturated carbocycles. The van der Waals surface area contributed by atoms with Gasteiger partial charge in [0.2, 0.25) is 11.8 Å². The minimum absolute atomic E-state index is 0.0747. The van der Waals surface area contributed by atoms with Crippen LogP contribution in [0.1, 0.15) is 25.0 Å². The average Bonchev–Trinajstić information content (AvgIpc) is 2.66. The normalized spacial score (nSPS) is 11.7. The van der Waals surface area contributed by atoms with Crippen molar-refractivity contribution < 1.29 is 9.59 Å². The molecule has 0 heterocycles. The van der Waals surface area contributed by atoms with Crippen molar-refractivity contribution in [2.75, 3.05) is 12.3 Å². The lowest BCUT2D eigenvalue weighted by molar-refractivity contribution is -0.138. The van der Waals surface area contributed by atoms with Crippen LogP contribution in [0.2, 0.25) is 5.02 Å². The van der Waals surface area contributed by atoms with Gasteiger partial charge in [-0.1, -0.05) is 41.4 Å². The van der Waals surface area contributed by atoms with Gasteiger partial charge < -0.3 is 10.2 Å². The first-order valence-electron chi connectivity index (χ1n) is 8.91. The van der Waals surface area contributed by atoms with Gasteiger partial charge in [-0.05, 0) is 50.6 Å². The first-order valence-corrected chi connectivity index (χ1v) is 10.3. The molecule has 0 radical (unpaired) electrons. The number of likely N-dealkylation sites (N-methyl/N-ethyl adjacent to an activating group) is 1. The molecular weight excluding hydrogens is 380 g/mol. The Kier molecular flexibility index (Phi) is 8.20. The monoisotopic (exact) mass is 404 g/mol. The molecule has 0 aliphatic rings. The second-order valence-electron chi connectivity index (χ2n) is 6.32. The number of nitrogens with one attached hydrogen (secondary N) is 1. The topological polar surface area (TPSA) is 49.4 Å². The maximum absolute atomic E-state index is 12.9. The predicted molar refractivity (Wildman–Crippen MR) is 112 cm³/mol. The summed E-state index contributed by atoms with van der Waals surface area (Å²) in [6.07, 6.45) is 0. The van der Waals surface area contributed by atoms with Crippen LogP contribution in [0.3, 0.4) is 0 Å². The number of benzene rings is 2. The molecular formula is C21H25ClN2O2S. The highest BCUT2D eigenvalue weighted by Crippen LogP contribution is 2.20. The number of carbonyl (C=O) groups is 2. The van der Waals surface area contributed by atoms with Gasteiger partial charge in [0.1, 0.15) is 6.04 Å². The van der Waals surface area contributed by atoms with Gasteiger partial charge in [0.15, 0.2) is 0 Å². The van der Waals surface area contributed by atoms with Crippen molar-refractivity contribution >= 4 is 35.2 Å². The van der Waals surface area contributed by atoms with E-state index in [1.165, 1.54) is 17.3 Å². The lowest BCUT2D eigenvalue weighted by Gasteiger charge is -2.28. The molecule has 0 aromatic heterocycles. The summed E-state index contributed by atoms with van der Waals surface area (Å²) in [4.78, 5) is 27.9. The van der Waals surface area contributed by atoms with Crippen molar-refractivity contribution in [3.63, 3.8) is 0 Å². The van der Waals surface area contributed by atoms with Crippen molar-refractivity contribution in [1.82, 2.24) is 10.2 Å². The Balaban J connectivity index is 2.11. The van der Waals surface area contributed by atoms with E-state index < -0.39 is 6.04 Å². The SMILES string of the molecule is CCNC(=O)[C@H](C)N(Cc1ccc(Cl)cc1)C(=O)CSc1ccc(C)cc1. The summed E-state index contributed by atoms with van der Waals surface area (Å²) < 4.78 is 0. The largest absolute Gasteiger partial charge is 0.355 e. The van der Waals surface area contributed by atoms with Crippen LogP contribution in [0, 0.1) is 6.92 Å². The molecule has 6 heteroatoms. The van der Waals surface area contributed by atoms with Crippen LogP contribution < -0.4 is 5.32 Å². The number of halogens is 1. The van der Waals surface area contributed by atoms with E-state index in [4.69, 9.17) is 11.6 Å². The third-order valence-corrected chi connectivity index (χ3v) is 5.42. The Morgan fingerprint density at radius 2 is 1.74 bits per heavy atom. The summed E-state index contributed by atoms with van der Waals surface area (Å²) in [6.45, 7) is 6.55. The zero-order valence-corrected chi connectivity index (χ0v) is 17.4. The lowest BCUT2D eigenvalue weighted by Crippen LogP contribution is -2.48. The fourth-order valence-corrected chi connectivity index (χ4v) is 3.46. The number of carbonyl (C=O) groups excluding carboxylic acids is 2. The fraction of sp³-hybridized carbons (Fsp3) is 0.333. The Labute approximate surface area is 170 Å². The van der Waals surface area contributed by atoms with E-state index in [1.807, 2.05) is 50.2 Å². The van der Waals surface area contributed by atoms with Gasteiger partial charge in [0.25, 0.3) is 0 Å². The Morgan fingerprint density at radius 1 is 1.11 bits per heavy atom. The molecule has 0 bridgehead atoms. The van der Waals surface area contributed by atoms with Gasteiger partial charge in [-0.2, -0.15) is 0 Å². The van der Waals surface area contributed by atoms with Gasteiger partial charge in [-0.3, -0.25) is 9.59 Å². The first kappa shape index (κ1) is 21.3. The molecule has 144 valence electrons. The number of amides is 2. The molecule has 4 nitrogen and oxygen atoms in total. The Hall–Kier alpha value is -1.98. The molecule has 0 unspecified atom stereocenters. The smallest absolute Gasteiger partial charge is 0.242 e. The summed E-state index contributed by atoms with van der Waals surface area (Å²) in [5, 5.41) is 3.44. The molecule has 0 aliphatic carbocycles. The molecule has 2 aromatic rings. The minimum atomic E-state index is -0.549. The number of hydrogen-bond donors (Lipinski definition) is 1. The maximum atomic E-state index is 12.9. The Bertz CT molecular complexity index is 763. The second kappa shape index (κ2) is 10.4. The molecule has 2 aromatic carbocycles. The highest BCUT2D eigenvalue weighted by molar-refractivity contribution is 8.00. The molecule has 0 spiro atoms. The summed E-state index contributed by atoms with van der Waals surface area (Å²) >= 11 is 7.42. The van der Waals surface area contributed by atoms with Crippen LogP contribution in [0.15, 0.2) is 53.4 Å². The van der Waals surface area contributed by atoms with Crippen LogP contribution in [-0.4, -0.2) is 35.1 Å². The summed E-state index contributed by atoms with van der Waals surface area (Å²) in [6, 6.07) is 14.8. The van der Waals surface area contributed by atoms with Gasteiger partial charge in [0, 0.05) is 23.0 Å². The van der Waals surface area contributed by atoms with E-state index in [-0.39, 0.29) is 17.6 Å². The van der Waals surface area contributed by atoms with E-state index in [0.29, 0.717) is 18.1 Å². The van der Waals surface area contributed by atoms with Crippen LogP contribution in [0.25, 0.3) is 0 Å². The average molecular weight is 405 g/mol. The number of thioether (sulfide) groups is 1. The van der Waals surface area contributed by atoms with Crippen molar-refractivity contribution in [1.29, 1.82) is 0 Å². The summed E-state index contributed by atoms with van der Waals surface area (Å²) in [5.74, 6) is 0.0508. The van der Waals surface area contributed by atoms with E-state index in [9.17, 15) is 9.59 Å². The van der Waals surface area contributed by atoms with Gasteiger partial charge in [0.05, 0.1) is 5.75 Å². The molecule has 2 rings (SSSR count). The maximum Gasteiger partial charge on any atom is 0.242 e. The summed E-state index contributed by atoms with van der Waals surface area (Å²) in [7, 11) is 0. The molecule has 0 saturated heterocycles. The van der Waals surface area contributed by atoms with Crippen molar-refractivity contribution in [3.8, 4) is 0 Å². The van der Waals surface area contributed by atoms with E-state index in [2.05, 4.69) is 5.32 Å². The molecule has 1 N–H and O–H groups in total. The van der Waals surface area contributed by atoms with E-state index >= 15 is 0 Å². The molecule has 1 atom stereocenters.